The highest BCUT2D eigenvalue weighted by molar-refractivity contribution is 5.71. The Kier molecular flexibility index (Phi) is 6.75. The fourth-order valence-corrected chi connectivity index (χ4v) is 4.36. The van der Waals surface area contributed by atoms with Crippen LogP contribution in [0.25, 0.3) is 11.2 Å². The van der Waals surface area contributed by atoms with E-state index < -0.39 is 0 Å². The molecule has 1 aliphatic rings. The van der Waals surface area contributed by atoms with E-state index >= 15 is 0 Å². The van der Waals surface area contributed by atoms with Crippen molar-refractivity contribution in [2.75, 3.05) is 13.1 Å². The van der Waals surface area contributed by atoms with Gasteiger partial charge in [0, 0.05) is 27.2 Å². The Morgan fingerprint density at radius 3 is 2.54 bits per heavy atom. The molecule has 1 aliphatic heterocycles. The highest BCUT2D eigenvalue weighted by Gasteiger charge is 2.22. The highest BCUT2D eigenvalue weighted by Crippen LogP contribution is 2.20. The first kappa shape index (κ1) is 20.8. The van der Waals surface area contributed by atoms with Gasteiger partial charge >= 0.3 is 5.69 Å². The SMILES string of the molecule is CCCCCCCn1c(CN2CCC[C@H](C)C2)nc2c1c(=O)n(C)c(=O)n2C. The monoisotopic (exact) mass is 389 g/mol. The van der Waals surface area contributed by atoms with Crippen molar-refractivity contribution in [1.82, 2.24) is 23.6 Å². The van der Waals surface area contributed by atoms with Gasteiger partial charge in [-0.2, -0.15) is 0 Å². The molecule has 0 aliphatic carbocycles. The number of hydrogen-bond acceptors (Lipinski definition) is 4. The van der Waals surface area contributed by atoms with Crippen LogP contribution in [0.4, 0.5) is 0 Å². The molecule has 0 unspecified atom stereocenters. The van der Waals surface area contributed by atoms with Gasteiger partial charge in [-0.25, -0.2) is 9.78 Å². The quantitative estimate of drug-likeness (QED) is 0.651. The standard InChI is InChI=1S/C21H35N5O2/c1-5-6-7-8-9-13-26-17(15-25-12-10-11-16(2)14-25)22-19-18(26)20(27)24(4)21(28)23(19)3/h16H,5-15H2,1-4H3/t16-/m0/s1. The number of rotatable bonds is 8. The van der Waals surface area contributed by atoms with Crippen molar-refractivity contribution in [3.8, 4) is 0 Å². The second-order valence-electron chi connectivity index (χ2n) is 8.45. The van der Waals surface area contributed by atoms with Crippen LogP contribution < -0.4 is 11.2 Å². The molecule has 7 nitrogen and oxygen atoms in total. The number of piperidine rings is 1. The maximum atomic E-state index is 12.9. The number of aryl methyl sites for hydroxylation is 2. The largest absolute Gasteiger partial charge is 0.332 e. The number of imidazole rings is 1. The van der Waals surface area contributed by atoms with Crippen molar-refractivity contribution >= 4 is 11.2 Å². The minimum absolute atomic E-state index is 0.238. The molecule has 0 spiro atoms. The van der Waals surface area contributed by atoms with Crippen LogP contribution in [-0.2, 0) is 27.2 Å². The van der Waals surface area contributed by atoms with Crippen molar-refractivity contribution in [2.24, 2.45) is 20.0 Å². The highest BCUT2D eigenvalue weighted by atomic mass is 16.2. The number of nitrogens with zero attached hydrogens (tertiary/aromatic N) is 5. The lowest BCUT2D eigenvalue weighted by Gasteiger charge is -2.30. The lowest BCUT2D eigenvalue weighted by Crippen LogP contribution is -2.37. The molecule has 0 aromatic carbocycles. The number of unbranched alkanes of at least 4 members (excludes halogenated alkanes) is 4. The van der Waals surface area contributed by atoms with Crippen LogP contribution in [0.3, 0.4) is 0 Å². The van der Waals surface area contributed by atoms with Crippen LogP contribution in [0.2, 0.25) is 0 Å². The number of hydrogen-bond donors (Lipinski definition) is 0. The maximum Gasteiger partial charge on any atom is 0.332 e. The fourth-order valence-electron chi connectivity index (χ4n) is 4.36. The van der Waals surface area contributed by atoms with E-state index in [2.05, 4.69) is 23.3 Å². The van der Waals surface area contributed by atoms with E-state index in [1.54, 1.807) is 14.1 Å². The van der Waals surface area contributed by atoms with E-state index in [1.807, 2.05) is 0 Å². The van der Waals surface area contributed by atoms with Crippen LogP contribution in [0.15, 0.2) is 9.59 Å². The summed E-state index contributed by atoms with van der Waals surface area (Å²) < 4.78 is 4.79. The summed E-state index contributed by atoms with van der Waals surface area (Å²) in [5, 5.41) is 0. The Morgan fingerprint density at radius 2 is 1.82 bits per heavy atom. The van der Waals surface area contributed by atoms with Gasteiger partial charge in [-0.1, -0.05) is 39.5 Å². The molecule has 0 saturated carbocycles. The van der Waals surface area contributed by atoms with Crippen LogP contribution in [-0.4, -0.2) is 36.7 Å². The summed E-state index contributed by atoms with van der Waals surface area (Å²) in [5.74, 6) is 1.61. The van der Waals surface area contributed by atoms with E-state index in [9.17, 15) is 9.59 Å². The molecule has 0 N–H and O–H groups in total. The molecule has 1 saturated heterocycles. The van der Waals surface area contributed by atoms with E-state index in [4.69, 9.17) is 4.98 Å². The summed E-state index contributed by atoms with van der Waals surface area (Å²) in [6.07, 6.45) is 8.35. The molecule has 1 fully saturated rings. The molecule has 156 valence electrons. The Balaban J connectivity index is 1.96. The summed E-state index contributed by atoms with van der Waals surface area (Å²) in [5.41, 5.74) is 0.530. The van der Waals surface area contributed by atoms with Crippen LogP contribution in [0.5, 0.6) is 0 Å². The zero-order valence-electron chi connectivity index (χ0n) is 17.9. The summed E-state index contributed by atoms with van der Waals surface area (Å²) in [7, 11) is 3.25. The normalized spacial score (nSPS) is 18.2. The van der Waals surface area contributed by atoms with Crippen molar-refractivity contribution in [3.05, 3.63) is 26.7 Å². The average Bonchev–Trinajstić information content (AvgIpc) is 3.03. The average molecular weight is 390 g/mol. The molecular formula is C21H35N5O2. The summed E-state index contributed by atoms with van der Waals surface area (Å²) in [6, 6.07) is 0. The van der Waals surface area contributed by atoms with Crippen LogP contribution >= 0.6 is 0 Å². The third-order valence-electron chi connectivity index (χ3n) is 6.02. The number of aromatic nitrogens is 4. The van der Waals surface area contributed by atoms with Gasteiger partial charge in [0.2, 0.25) is 0 Å². The van der Waals surface area contributed by atoms with Gasteiger partial charge in [-0.05, 0) is 31.7 Å². The molecule has 1 atom stereocenters. The summed E-state index contributed by atoms with van der Waals surface area (Å²) >= 11 is 0. The molecule has 0 amide bonds. The molecule has 3 rings (SSSR count). The lowest BCUT2D eigenvalue weighted by atomic mass is 10.0. The predicted molar refractivity (Wildman–Crippen MR) is 113 cm³/mol. The Hall–Kier alpha value is -1.89. The molecule has 0 radical (unpaired) electrons. The Labute approximate surface area is 167 Å². The molecular weight excluding hydrogens is 354 g/mol. The van der Waals surface area contributed by atoms with Gasteiger partial charge in [-0.15, -0.1) is 0 Å². The van der Waals surface area contributed by atoms with Crippen molar-refractivity contribution in [1.29, 1.82) is 0 Å². The predicted octanol–water partition coefficient (Wildman–Crippen LogP) is 2.64. The van der Waals surface area contributed by atoms with Crippen LogP contribution in [0, 0.1) is 5.92 Å². The molecule has 3 heterocycles. The third-order valence-corrected chi connectivity index (χ3v) is 6.02. The van der Waals surface area contributed by atoms with E-state index in [0.29, 0.717) is 17.1 Å². The molecule has 0 bridgehead atoms. The second kappa shape index (κ2) is 9.07. The van der Waals surface area contributed by atoms with Gasteiger partial charge in [0.25, 0.3) is 5.56 Å². The van der Waals surface area contributed by atoms with Gasteiger partial charge in [-0.3, -0.25) is 18.8 Å². The second-order valence-corrected chi connectivity index (χ2v) is 8.45. The van der Waals surface area contributed by atoms with E-state index in [1.165, 1.54) is 41.2 Å². The summed E-state index contributed by atoms with van der Waals surface area (Å²) in [4.78, 5) is 32.5. The third kappa shape index (κ3) is 4.24. The zero-order valence-corrected chi connectivity index (χ0v) is 17.9. The first-order valence-corrected chi connectivity index (χ1v) is 10.8. The van der Waals surface area contributed by atoms with Gasteiger partial charge in [0.1, 0.15) is 5.82 Å². The lowest BCUT2D eigenvalue weighted by molar-refractivity contribution is 0.171. The Morgan fingerprint density at radius 1 is 1.07 bits per heavy atom. The van der Waals surface area contributed by atoms with Crippen molar-refractivity contribution in [2.45, 2.75) is 71.9 Å². The fraction of sp³-hybridized carbons (Fsp3) is 0.762. The van der Waals surface area contributed by atoms with Gasteiger partial charge in [0.05, 0.1) is 6.54 Å². The Bertz CT molecular complexity index is 923. The smallest absolute Gasteiger partial charge is 0.321 e. The van der Waals surface area contributed by atoms with Crippen molar-refractivity contribution in [3.63, 3.8) is 0 Å². The van der Waals surface area contributed by atoms with E-state index in [0.717, 1.165) is 44.8 Å². The minimum atomic E-state index is -0.316. The number of fused-ring (bicyclic) bond motifs is 1. The molecule has 7 heteroatoms. The maximum absolute atomic E-state index is 12.9. The van der Waals surface area contributed by atoms with Crippen LogP contribution in [0.1, 0.15) is 64.6 Å². The van der Waals surface area contributed by atoms with Gasteiger partial charge < -0.3 is 4.57 Å². The zero-order chi connectivity index (χ0) is 20.3. The molecule has 2 aromatic heterocycles. The molecule has 2 aromatic rings. The van der Waals surface area contributed by atoms with Crippen molar-refractivity contribution < 1.29 is 0 Å². The number of likely N-dealkylation sites (tertiary alicyclic amines) is 1. The minimum Gasteiger partial charge on any atom is -0.321 e. The topological polar surface area (TPSA) is 65.1 Å². The van der Waals surface area contributed by atoms with E-state index in [-0.39, 0.29) is 11.2 Å². The van der Waals surface area contributed by atoms with Gasteiger partial charge in [0.15, 0.2) is 11.2 Å². The summed E-state index contributed by atoms with van der Waals surface area (Å²) in [6.45, 7) is 8.17. The molecule has 28 heavy (non-hydrogen) atoms. The first-order chi connectivity index (χ1) is 13.4. The first-order valence-electron chi connectivity index (χ1n) is 10.8.